The number of esters is 1. The van der Waals surface area contributed by atoms with Crippen molar-refractivity contribution in [1.29, 1.82) is 0 Å². The molecule has 0 saturated carbocycles. The van der Waals surface area contributed by atoms with Crippen molar-refractivity contribution in [1.82, 2.24) is 0 Å². The molecule has 6 nitrogen and oxygen atoms in total. The minimum absolute atomic E-state index is 0.0920. The van der Waals surface area contributed by atoms with Gasteiger partial charge < -0.3 is 18.7 Å². The van der Waals surface area contributed by atoms with Gasteiger partial charge >= 0.3 is 13.6 Å². The predicted molar refractivity (Wildman–Crippen MR) is 96.2 cm³/mol. The maximum atomic E-state index is 13.0. The molecule has 0 aromatic heterocycles. The topological polar surface area (TPSA) is 65.1 Å². The van der Waals surface area contributed by atoms with Crippen molar-refractivity contribution in [2.45, 2.75) is 20.8 Å². The number of carbonyl (C=O) groups is 1. The van der Waals surface area contributed by atoms with E-state index in [1.54, 1.807) is 20.8 Å². The Morgan fingerprint density at radius 3 is 2.00 bits per heavy atom. The van der Waals surface area contributed by atoms with E-state index in [1.807, 2.05) is 43.3 Å². The molecule has 24 heavy (non-hydrogen) atoms. The lowest BCUT2D eigenvalue weighted by Gasteiger charge is -2.19. The summed E-state index contributed by atoms with van der Waals surface area (Å²) in [4.78, 5) is 14.3. The first-order valence-electron chi connectivity index (χ1n) is 7.93. The Labute approximate surface area is 143 Å². The Morgan fingerprint density at radius 1 is 1.04 bits per heavy atom. The Kier molecular flexibility index (Phi) is 8.19. The third-order valence-electron chi connectivity index (χ3n) is 3.09. The van der Waals surface area contributed by atoms with E-state index < -0.39 is 13.6 Å². The molecule has 0 aliphatic rings. The molecule has 0 aliphatic carbocycles. The summed E-state index contributed by atoms with van der Waals surface area (Å²) >= 11 is 0. The number of carbonyl (C=O) groups excluding carboxylic acids is 1. The van der Waals surface area contributed by atoms with Crippen molar-refractivity contribution in [3.05, 3.63) is 35.1 Å². The maximum Gasteiger partial charge on any atom is 0.368 e. The summed E-state index contributed by atoms with van der Waals surface area (Å²) in [6.07, 6.45) is 1.50. The van der Waals surface area contributed by atoms with Crippen LogP contribution in [-0.4, -0.2) is 39.9 Å². The summed E-state index contributed by atoms with van der Waals surface area (Å²) in [6, 6.07) is 7.47. The van der Waals surface area contributed by atoms with Gasteiger partial charge in [-0.25, -0.2) is 4.79 Å². The molecule has 0 heterocycles. The zero-order valence-corrected chi connectivity index (χ0v) is 15.8. The van der Waals surface area contributed by atoms with Crippen LogP contribution >= 0.6 is 7.60 Å². The van der Waals surface area contributed by atoms with Gasteiger partial charge in [-0.3, -0.25) is 4.57 Å². The summed E-state index contributed by atoms with van der Waals surface area (Å²) in [5, 5.41) is -0.0920. The fraction of sp³-hybridized carbons (Fsp3) is 0.471. The van der Waals surface area contributed by atoms with Crippen LogP contribution in [0, 0.1) is 0 Å². The molecule has 0 saturated heterocycles. The van der Waals surface area contributed by atoms with E-state index in [2.05, 4.69) is 0 Å². The summed E-state index contributed by atoms with van der Waals surface area (Å²) in [5.74, 6) is -0.695. The quantitative estimate of drug-likeness (QED) is 0.380. The SMILES string of the molecule is CCOC(=O)/C(=C\c1ccc(N(C)C)cc1)P(=O)(OCC)OCC. The lowest BCUT2D eigenvalue weighted by molar-refractivity contribution is -0.137. The number of benzene rings is 1. The summed E-state index contributed by atoms with van der Waals surface area (Å²) in [7, 11) is 0.140. The summed E-state index contributed by atoms with van der Waals surface area (Å²) in [6.45, 7) is 5.57. The fourth-order valence-corrected chi connectivity index (χ4v) is 3.63. The first-order valence-corrected chi connectivity index (χ1v) is 9.48. The van der Waals surface area contributed by atoms with E-state index in [-0.39, 0.29) is 25.1 Å². The molecule has 1 aromatic rings. The average molecular weight is 355 g/mol. The normalized spacial score (nSPS) is 12.1. The molecule has 7 heteroatoms. The fourth-order valence-electron chi connectivity index (χ4n) is 2.00. The molecule has 0 aliphatic heterocycles. The van der Waals surface area contributed by atoms with Crippen molar-refractivity contribution in [3.8, 4) is 0 Å². The van der Waals surface area contributed by atoms with Gasteiger partial charge in [0.05, 0.1) is 19.8 Å². The third kappa shape index (κ3) is 5.48. The van der Waals surface area contributed by atoms with Crippen LogP contribution in [0.2, 0.25) is 0 Å². The van der Waals surface area contributed by atoms with Gasteiger partial charge in [0, 0.05) is 19.8 Å². The number of hydrogen-bond donors (Lipinski definition) is 0. The first-order chi connectivity index (χ1) is 11.4. The second-order valence-corrected chi connectivity index (χ2v) is 7.06. The van der Waals surface area contributed by atoms with Gasteiger partial charge in [-0.15, -0.1) is 0 Å². The first kappa shape index (κ1) is 20.4. The van der Waals surface area contributed by atoms with Gasteiger partial charge in [-0.1, -0.05) is 12.1 Å². The number of nitrogens with zero attached hydrogens (tertiary/aromatic N) is 1. The average Bonchev–Trinajstić information content (AvgIpc) is 2.53. The van der Waals surface area contributed by atoms with E-state index in [0.717, 1.165) is 5.69 Å². The van der Waals surface area contributed by atoms with Crippen LogP contribution in [0.4, 0.5) is 5.69 Å². The standard InChI is InChI=1S/C17H26NO5P/c1-6-21-17(19)16(24(20,22-7-2)23-8-3)13-14-9-11-15(12-10-14)18(4)5/h9-13H,6-8H2,1-5H3/b16-13+. The van der Waals surface area contributed by atoms with Crippen molar-refractivity contribution in [3.63, 3.8) is 0 Å². The van der Waals surface area contributed by atoms with Crippen LogP contribution in [0.25, 0.3) is 6.08 Å². The lowest BCUT2D eigenvalue weighted by atomic mass is 10.2. The van der Waals surface area contributed by atoms with Crippen molar-refractivity contribution < 1.29 is 23.1 Å². The highest BCUT2D eigenvalue weighted by Crippen LogP contribution is 2.57. The van der Waals surface area contributed by atoms with Crippen LogP contribution in [0.3, 0.4) is 0 Å². The maximum absolute atomic E-state index is 13.0. The minimum atomic E-state index is -3.74. The van der Waals surface area contributed by atoms with E-state index in [0.29, 0.717) is 5.56 Å². The van der Waals surface area contributed by atoms with Gasteiger partial charge in [0.25, 0.3) is 0 Å². The molecule has 0 fully saturated rings. The highest BCUT2D eigenvalue weighted by atomic mass is 31.2. The molecular formula is C17H26NO5P. The van der Waals surface area contributed by atoms with Crippen LogP contribution in [0.5, 0.6) is 0 Å². The number of ether oxygens (including phenoxy) is 1. The molecule has 1 aromatic carbocycles. The zero-order chi connectivity index (χ0) is 18.2. The molecule has 134 valence electrons. The van der Waals surface area contributed by atoms with Crippen LogP contribution in [0.1, 0.15) is 26.3 Å². The Bertz CT molecular complexity index is 600. The highest BCUT2D eigenvalue weighted by molar-refractivity contribution is 7.60. The molecule has 0 unspecified atom stereocenters. The molecule has 0 bridgehead atoms. The third-order valence-corrected chi connectivity index (χ3v) is 5.19. The number of rotatable bonds is 9. The van der Waals surface area contributed by atoms with E-state index >= 15 is 0 Å². The largest absolute Gasteiger partial charge is 0.462 e. The molecular weight excluding hydrogens is 329 g/mol. The predicted octanol–water partition coefficient (Wildman–Crippen LogP) is 3.92. The summed E-state index contributed by atoms with van der Waals surface area (Å²) < 4.78 is 28.6. The smallest absolute Gasteiger partial charge is 0.368 e. The van der Waals surface area contributed by atoms with Crippen LogP contribution < -0.4 is 4.90 Å². The molecule has 1 rings (SSSR count). The van der Waals surface area contributed by atoms with E-state index in [9.17, 15) is 9.36 Å². The van der Waals surface area contributed by atoms with Gasteiger partial charge in [0.2, 0.25) is 0 Å². The van der Waals surface area contributed by atoms with Crippen molar-refractivity contribution in [2.75, 3.05) is 38.8 Å². The van der Waals surface area contributed by atoms with Gasteiger partial charge in [-0.05, 0) is 44.5 Å². The Morgan fingerprint density at radius 2 is 1.58 bits per heavy atom. The second-order valence-electron chi connectivity index (χ2n) is 5.07. The lowest BCUT2D eigenvalue weighted by Crippen LogP contribution is -2.11. The second kappa shape index (κ2) is 9.62. The zero-order valence-electron chi connectivity index (χ0n) is 14.9. The number of hydrogen-bond acceptors (Lipinski definition) is 6. The monoisotopic (exact) mass is 355 g/mol. The highest BCUT2D eigenvalue weighted by Gasteiger charge is 2.36. The van der Waals surface area contributed by atoms with Crippen molar-refractivity contribution >= 4 is 25.3 Å². The Hall–Kier alpha value is -1.62. The van der Waals surface area contributed by atoms with E-state index in [4.69, 9.17) is 13.8 Å². The van der Waals surface area contributed by atoms with E-state index in [1.165, 1.54) is 6.08 Å². The molecule has 0 radical (unpaired) electrons. The molecule has 0 N–H and O–H groups in total. The minimum Gasteiger partial charge on any atom is -0.462 e. The summed E-state index contributed by atoms with van der Waals surface area (Å²) in [5.41, 5.74) is 1.73. The van der Waals surface area contributed by atoms with Crippen LogP contribution in [0.15, 0.2) is 29.6 Å². The number of anilines is 1. The van der Waals surface area contributed by atoms with Gasteiger partial charge in [-0.2, -0.15) is 0 Å². The molecule has 0 atom stereocenters. The molecule has 0 amide bonds. The molecule has 0 spiro atoms. The van der Waals surface area contributed by atoms with Gasteiger partial charge in [0.1, 0.15) is 5.31 Å². The van der Waals surface area contributed by atoms with Gasteiger partial charge in [0.15, 0.2) is 0 Å². The van der Waals surface area contributed by atoms with Crippen molar-refractivity contribution in [2.24, 2.45) is 0 Å². The van der Waals surface area contributed by atoms with Crippen LogP contribution in [-0.2, 0) is 23.1 Å². The Balaban J connectivity index is 3.30.